The number of nitrogens with zero attached hydrogens (tertiary/aromatic N) is 2. The van der Waals surface area contributed by atoms with E-state index in [9.17, 15) is 0 Å². The van der Waals surface area contributed by atoms with E-state index in [1.807, 2.05) is 0 Å². The Labute approximate surface area is 332 Å². The molecule has 4 heteroatoms. The highest BCUT2D eigenvalue weighted by Gasteiger charge is 2.18. The number of aromatic nitrogens is 2. The molecule has 0 aliphatic rings. The second kappa shape index (κ2) is 11.8. The van der Waals surface area contributed by atoms with Gasteiger partial charge in [-0.3, -0.25) is 0 Å². The molecule has 0 amide bonds. The molecule has 0 spiro atoms. The summed E-state index contributed by atoms with van der Waals surface area (Å²) in [6.07, 6.45) is 0. The van der Waals surface area contributed by atoms with E-state index in [0.29, 0.717) is 0 Å². The third-order valence-electron chi connectivity index (χ3n) is 12.1. The smallest absolute Gasteiger partial charge is 0.136 e. The molecule has 58 heavy (non-hydrogen) atoms. The molecule has 0 aliphatic heterocycles. The maximum absolute atomic E-state index is 6.55. The van der Waals surface area contributed by atoms with Gasteiger partial charge in [0.15, 0.2) is 0 Å². The first-order valence-corrected chi connectivity index (χ1v) is 19.7. The third kappa shape index (κ3) is 4.51. The first-order chi connectivity index (χ1) is 28.7. The van der Waals surface area contributed by atoms with Gasteiger partial charge in [0.2, 0.25) is 0 Å². The topological polar surface area (TPSA) is 36.1 Å². The van der Waals surface area contributed by atoms with Crippen molar-refractivity contribution in [1.29, 1.82) is 0 Å². The lowest BCUT2D eigenvalue weighted by molar-refractivity contribution is 0.664. The number of hydrogen-bond acceptors (Lipinski definition) is 2. The summed E-state index contributed by atoms with van der Waals surface area (Å²) in [4.78, 5) is 0. The predicted molar refractivity (Wildman–Crippen MR) is 241 cm³/mol. The molecule has 4 nitrogen and oxygen atoms in total. The fourth-order valence-electron chi connectivity index (χ4n) is 9.42. The Morgan fingerprint density at radius 1 is 0.241 bits per heavy atom. The van der Waals surface area contributed by atoms with Gasteiger partial charge in [0.25, 0.3) is 0 Å². The Hall–Kier alpha value is -7.82. The first-order valence-electron chi connectivity index (χ1n) is 19.7. The number of benzene rings is 9. The molecule has 4 heterocycles. The minimum Gasteiger partial charge on any atom is -0.456 e. The largest absolute Gasteiger partial charge is 0.456 e. The van der Waals surface area contributed by atoms with E-state index in [-0.39, 0.29) is 0 Å². The zero-order valence-corrected chi connectivity index (χ0v) is 31.2. The van der Waals surface area contributed by atoms with Gasteiger partial charge >= 0.3 is 0 Å². The molecule has 9 aromatic carbocycles. The normalized spacial score (nSPS) is 12.1. The zero-order chi connectivity index (χ0) is 37.9. The first kappa shape index (κ1) is 31.4. The van der Waals surface area contributed by atoms with Crippen LogP contribution >= 0.6 is 0 Å². The Morgan fingerprint density at radius 3 is 1.03 bits per heavy atom. The van der Waals surface area contributed by atoms with E-state index in [0.717, 1.165) is 66.4 Å². The van der Waals surface area contributed by atoms with Crippen molar-refractivity contribution in [3.05, 3.63) is 194 Å². The van der Waals surface area contributed by atoms with E-state index >= 15 is 0 Å². The van der Waals surface area contributed by atoms with Crippen LogP contribution in [0.25, 0.3) is 121 Å². The Bertz CT molecular complexity index is 3540. The summed E-state index contributed by atoms with van der Waals surface area (Å²) < 4.78 is 17.8. The van der Waals surface area contributed by atoms with Crippen LogP contribution < -0.4 is 0 Å². The summed E-state index contributed by atoms with van der Waals surface area (Å²) in [5, 5.41) is 9.19. The van der Waals surface area contributed by atoms with Gasteiger partial charge in [-0.05, 0) is 119 Å². The molecule has 4 aromatic heterocycles. The second-order valence-corrected chi connectivity index (χ2v) is 15.3. The van der Waals surface area contributed by atoms with Gasteiger partial charge in [0.1, 0.15) is 22.3 Å². The minimum absolute atomic E-state index is 0.851. The average Bonchev–Trinajstić information content (AvgIpc) is 4.02. The van der Waals surface area contributed by atoms with Crippen molar-refractivity contribution in [3.8, 4) is 33.6 Å². The lowest BCUT2D eigenvalue weighted by atomic mass is 9.99. The van der Waals surface area contributed by atoms with E-state index in [4.69, 9.17) is 8.83 Å². The van der Waals surface area contributed by atoms with Crippen molar-refractivity contribution < 1.29 is 8.83 Å². The highest BCUT2D eigenvalue weighted by molar-refractivity contribution is 6.17. The van der Waals surface area contributed by atoms with Crippen molar-refractivity contribution >= 4 is 87.5 Å². The van der Waals surface area contributed by atoms with Crippen molar-refractivity contribution in [2.75, 3.05) is 0 Å². The van der Waals surface area contributed by atoms with Crippen LogP contribution in [0.15, 0.2) is 203 Å². The van der Waals surface area contributed by atoms with Crippen LogP contribution in [0.4, 0.5) is 0 Å². The molecule has 0 fully saturated rings. The molecule has 13 aromatic rings. The minimum atomic E-state index is 0.851. The van der Waals surface area contributed by atoms with Crippen LogP contribution in [0.3, 0.4) is 0 Å². The molecule has 270 valence electrons. The summed E-state index contributed by atoms with van der Waals surface area (Å²) in [5.41, 5.74) is 15.2. The summed E-state index contributed by atoms with van der Waals surface area (Å²) >= 11 is 0. The molecule has 0 atom stereocenters. The molecule has 0 aliphatic carbocycles. The standard InChI is InChI=1S/C54H32N2O2/c1-3-11-37(12-4-1)55-47-17-9-7-15-39(47)41-27-33(19-23-49(41)55)35-21-25-51-43(29-35)45-31-54-46(32-53(45)57-51)44-30-36(22-26-52(44)58-54)34-20-24-50-42(28-34)40-16-8-10-18-48(40)56(50)38-13-5-2-6-14-38/h1-32H. The number of furan rings is 2. The average molecular weight is 741 g/mol. The highest BCUT2D eigenvalue weighted by atomic mass is 16.3. The lowest BCUT2D eigenvalue weighted by Gasteiger charge is -2.08. The fourth-order valence-corrected chi connectivity index (χ4v) is 9.42. The van der Waals surface area contributed by atoms with Gasteiger partial charge in [-0.2, -0.15) is 0 Å². The summed E-state index contributed by atoms with van der Waals surface area (Å²) in [7, 11) is 0. The molecule has 0 saturated carbocycles. The quantitative estimate of drug-likeness (QED) is 0.180. The number of fused-ring (bicyclic) bond motifs is 12. The van der Waals surface area contributed by atoms with Crippen LogP contribution in [-0.4, -0.2) is 9.13 Å². The van der Waals surface area contributed by atoms with Crippen LogP contribution in [0, 0.1) is 0 Å². The van der Waals surface area contributed by atoms with Crippen molar-refractivity contribution in [2.45, 2.75) is 0 Å². The van der Waals surface area contributed by atoms with Gasteiger partial charge < -0.3 is 18.0 Å². The van der Waals surface area contributed by atoms with Crippen LogP contribution in [-0.2, 0) is 0 Å². The van der Waals surface area contributed by atoms with Crippen LogP contribution in [0.1, 0.15) is 0 Å². The summed E-state index contributed by atoms with van der Waals surface area (Å²) in [5.74, 6) is 0. The van der Waals surface area contributed by atoms with Gasteiger partial charge in [-0.1, -0.05) is 97.1 Å². The SMILES string of the molecule is c1ccc(-n2c3ccccc3c3cc(-c4ccc5oc6cc7c(cc6c5c4)oc4ccc(-c5ccc6c(c5)c5ccccc5n6-c5ccccc5)cc47)ccc32)cc1. The van der Waals surface area contributed by atoms with E-state index in [1.54, 1.807) is 0 Å². The zero-order valence-electron chi connectivity index (χ0n) is 31.2. The Balaban J connectivity index is 0.917. The Kier molecular flexibility index (Phi) is 6.41. The van der Waals surface area contributed by atoms with E-state index in [2.05, 4.69) is 203 Å². The molecule has 0 radical (unpaired) electrons. The summed E-state index contributed by atoms with van der Waals surface area (Å²) in [6.45, 7) is 0. The monoisotopic (exact) mass is 740 g/mol. The maximum atomic E-state index is 6.55. The van der Waals surface area contributed by atoms with Gasteiger partial charge in [0.05, 0.1) is 22.1 Å². The molecule has 0 saturated heterocycles. The van der Waals surface area contributed by atoms with Gasteiger partial charge in [-0.15, -0.1) is 0 Å². The van der Waals surface area contributed by atoms with Gasteiger partial charge in [-0.25, -0.2) is 0 Å². The van der Waals surface area contributed by atoms with Gasteiger partial charge in [0, 0.05) is 54.5 Å². The predicted octanol–water partition coefficient (Wildman–Crippen LogP) is 15.0. The highest BCUT2D eigenvalue weighted by Crippen LogP contribution is 2.41. The van der Waals surface area contributed by atoms with Crippen molar-refractivity contribution in [3.63, 3.8) is 0 Å². The third-order valence-corrected chi connectivity index (χ3v) is 12.1. The number of para-hydroxylation sites is 4. The van der Waals surface area contributed by atoms with Crippen molar-refractivity contribution in [2.24, 2.45) is 0 Å². The molecular weight excluding hydrogens is 709 g/mol. The molecule has 0 unspecified atom stereocenters. The molecule has 0 bridgehead atoms. The maximum Gasteiger partial charge on any atom is 0.136 e. The number of rotatable bonds is 4. The fraction of sp³-hybridized carbons (Fsp3) is 0. The van der Waals surface area contributed by atoms with Crippen molar-refractivity contribution in [1.82, 2.24) is 9.13 Å². The second-order valence-electron chi connectivity index (χ2n) is 15.3. The molecule has 0 N–H and O–H groups in total. The Morgan fingerprint density at radius 2 is 0.586 bits per heavy atom. The molecule has 13 rings (SSSR count). The van der Waals surface area contributed by atoms with E-state index < -0.39 is 0 Å². The van der Waals surface area contributed by atoms with E-state index in [1.165, 1.54) is 54.7 Å². The number of hydrogen-bond donors (Lipinski definition) is 0. The van der Waals surface area contributed by atoms with Crippen LogP contribution in [0.5, 0.6) is 0 Å². The molecular formula is C54H32N2O2. The van der Waals surface area contributed by atoms with Crippen LogP contribution in [0.2, 0.25) is 0 Å². The summed E-state index contributed by atoms with van der Waals surface area (Å²) in [6, 6.07) is 69.5. The lowest BCUT2D eigenvalue weighted by Crippen LogP contribution is -1.92.